The third-order valence-electron chi connectivity index (χ3n) is 1.27. The van der Waals surface area contributed by atoms with Crippen LogP contribution in [0, 0.1) is 5.54 Å². The molecule has 4 heteroatoms. The van der Waals surface area contributed by atoms with Gasteiger partial charge >= 0.3 is 18.9 Å². The maximum atomic E-state index is 5.43. The van der Waals surface area contributed by atoms with Crippen molar-refractivity contribution in [3.05, 3.63) is 35.6 Å². The number of rotatable bonds is 3. The van der Waals surface area contributed by atoms with Crippen molar-refractivity contribution in [1.29, 1.82) is 0 Å². The smallest absolute Gasteiger partial charge is 0.529 e. The van der Waals surface area contributed by atoms with Gasteiger partial charge in [-0.05, 0) is 24.4 Å². The molecule has 0 amide bonds. The summed E-state index contributed by atoms with van der Waals surface area (Å²) in [6, 6.07) is 5.53. The molecule has 0 spiro atoms. The van der Waals surface area contributed by atoms with E-state index < -0.39 is 0 Å². The van der Waals surface area contributed by atoms with E-state index in [1.165, 1.54) is 0 Å². The van der Waals surface area contributed by atoms with E-state index in [0.29, 0.717) is 18.1 Å². The largest absolute Gasteiger partial charge is 1.00 e. The zero-order valence-corrected chi connectivity index (χ0v) is 8.51. The van der Waals surface area contributed by atoms with Gasteiger partial charge < -0.3 is 9.72 Å². The first-order valence-electron chi connectivity index (χ1n) is 3.66. The van der Waals surface area contributed by atoms with Gasteiger partial charge in [0.05, 0.1) is 6.61 Å². The zero-order valence-electron chi connectivity index (χ0n) is 7.75. The molecule has 0 atom stereocenters. The van der Waals surface area contributed by atoms with Gasteiger partial charge in [-0.15, -0.1) is 11.6 Å². The maximum absolute atomic E-state index is 5.43. The molecule has 0 bridgehead atoms. The average Bonchev–Trinajstić information content (AvgIpc) is 2.15. The van der Waals surface area contributed by atoms with Crippen molar-refractivity contribution in [2.75, 3.05) is 6.61 Å². The monoisotopic (exact) mass is 189 g/mol. The molecule has 0 fully saturated rings. The van der Waals surface area contributed by atoms with Crippen LogP contribution in [0.1, 0.15) is 12.6 Å². The fraction of sp³-hybridized carbons (Fsp3) is 0.222. The van der Waals surface area contributed by atoms with Gasteiger partial charge in [0.25, 0.3) is 0 Å². The minimum atomic E-state index is 0. The van der Waals surface area contributed by atoms with E-state index in [-0.39, 0.29) is 18.9 Å². The Morgan fingerprint density at radius 1 is 1.62 bits per heavy atom. The number of hydrogen-bond donors (Lipinski definition) is 0. The fourth-order valence-electron chi connectivity index (χ4n) is 0.791. The summed E-state index contributed by atoms with van der Waals surface area (Å²) in [5.41, 5.74) is 3.13. The van der Waals surface area contributed by atoms with Crippen LogP contribution >= 0.6 is 11.6 Å². The molecule has 2 nitrogen and oxygen atoms in total. The Morgan fingerprint density at radius 2 is 2.38 bits per heavy atom. The van der Waals surface area contributed by atoms with Crippen molar-refractivity contribution < 1.29 is 23.6 Å². The Labute approximate surface area is 95.1 Å². The van der Waals surface area contributed by atoms with Crippen LogP contribution < -0.4 is 18.9 Å². The molecule has 0 radical (unpaired) electrons. The van der Waals surface area contributed by atoms with Crippen molar-refractivity contribution in [2.45, 2.75) is 6.92 Å². The Hall–Kier alpha value is -0.423. The van der Waals surface area contributed by atoms with Crippen LogP contribution in [-0.2, 0) is 4.74 Å². The molecule has 1 heterocycles. The second-order valence-corrected chi connectivity index (χ2v) is 2.26. The van der Waals surface area contributed by atoms with Crippen LogP contribution in [-0.4, -0.2) is 11.6 Å². The van der Waals surface area contributed by atoms with Crippen molar-refractivity contribution in [2.24, 2.45) is 0 Å². The zero-order chi connectivity index (χ0) is 8.81. The van der Waals surface area contributed by atoms with Crippen LogP contribution in [0.25, 0.3) is 5.76 Å². The number of ether oxygens (including phenoxy) is 1. The van der Waals surface area contributed by atoms with Gasteiger partial charge in [0.2, 0.25) is 0 Å². The molecule has 0 unspecified atom stereocenters. The standard InChI is InChI=1S/C9H9ClNO.Li/c1-2-12-9(7-10)8-5-3-4-6-11-8;/h3-6H,2H2,1H3;/q-1;+1. The van der Waals surface area contributed by atoms with Gasteiger partial charge in [-0.1, -0.05) is 6.07 Å². The minimum Gasteiger partial charge on any atom is -0.529 e. The molecule has 13 heavy (non-hydrogen) atoms. The summed E-state index contributed by atoms with van der Waals surface area (Å²) in [4.78, 5) is 4.06. The second kappa shape index (κ2) is 7.03. The van der Waals surface area contributed by atoms with E-state index in [0.717, 1.165) is 0 Å². The Kier molecular flexibility index (Phi) is 6.80. The summed E-state index contributed by atoms with van der Waals surface area (Å²) in [6.07, 6.45) is 1.68. The molecule has 0 aromatic carbocycles. The second-order valence-electron chi connectivity index (χ2n) is 2.07. The van der Waals surface area contributed by atoms with Gasteiger partial charge in [0.1, 0.15) is 0 Å². The molecule has 1 aromatic heterocycles. The molecule has 0 saturated carbocycles. The SMILES string of the molecule is CCOC(=[C-]Cl)c1ccccn1.[Li+]. The van der Waals surface area contributed by atoms with E-state index in [9.17, 15) is 0 Å². The molecule has 0 aliphatic heterocycles. The predicted molar refractivity (Wildman–Crippen MR) is 48.4 cm³/mol. The van der Waals surface area contributed by atoms with Crippen LogP contribution in [0.5, 0.6) is 0 Å². The van der Waals surface area contributed by atoms with E-state index in [2.05, 4.69) is 10.5 Å². The Bertz CT molecular complexity index is 264. The van der Waals surface area contributed by atoms with Crippen molar-refractivity contribution in [3.8, 4) is 0 Å². The van der Waals surface area contributed by atoms with Gasteiger partial charge in [0.15, 0.2) is 0 Å². The molecule has 0 N–H and O–H groups in total. The number of halogens is 1. The maximum Gasteiger partial charge on any atom is 1.00 e. The topological polar surface area (TPSA) is 22.1 Å². The predicted octanol–water partition coefficient (Wildman–Crippen LogP) is -0.538. The van der Waals surface area contributed by atoms with Crippen LogP contribution in [0.4, 0.5) is 0 Å². The average molecular weight is 190 g/mol. The Balaban J connectivity index is 0.00000144. The van der Waals surface area contributed by atoms with E-state index in [4.69, 9.17) is 16.3 Å². The molecular formula is C9H9ClLiNO. The van der Waals surface area contributed by atoms with Gasteiger partial charge in [-0.25, -0.2) is 11.6 Å². The number of hydrogen-bond acceptors (Lipinski definition) is 2. The van der Waals surface area contributed by atoms with E-state index in [1.807, 2.05) is 25.1 Å². The molecular weight excluding hydrogens is 180 g/mol. The van der Waals surface area contributed by atoms with Crippen LogP contribution in [0.3, 0.4) is 0 Å². The molecule has 0 saturated heterocycles. The van der Waals surface area contributed by atoms with Gasteiger partial charge in [-0.2, -0.15) is 0 Å². The van der Waals surface area contributed by atoms with Crippen molar-refractivity contribution >= 4 is 17.4 Å². The first-order valence-corrected chi connectivity index (χ1v) is 4.04. The normalized spacial score (nSPS) is 10.5. The summed E-state index contributed by atoms with van der Waals surface area (Å²) >= 11 is 5.43. The molecule has 64 valence electrons. The first-order chi connectivity index (χ1) is 5.88. The summed E-state index contributed by atoms with van der Waals surface area (Å²) in [5.74, 6) is 0.486. The summed E-state index contributed by atoms with van der Waals surface area (Å²) in [5, 5.41) is 0. The minimum absolute atomic E-state index is 0. The van der Waals surface area contributed by atoms with E-state index in [1.54, 1.807) is 6.20 Å². The molecule has 1 aromatic rings. The molecule has 0 aliphatic carbocycles. The van der Waals surface area contributed by atoms with Gasteiger partial charge in [-0.3, -0.25) is 0 Å². The van der Waals surface area contributed by atoms with Crippen LogP contribution in [0.2, 0.25) is 0 Å². The van der Waals surface area contributed by atoms with Crippen molar-refractivity contribution in [1.82, 2.24) is 4.98 Å². The third kappa shape index (κ3) is 3.86. The first kappa shape index (κ1) is 12.6. The number of pyridine rings is 1. The van der Waals surface area contributed by atoms with Crippen molar-refractivity contribution in [3.63, 3.8) is 0 Å². The van der Waals surface area contributed by atoms with E-state index >= 15 is 0 Å². The number of nitrogens with zero attached hydrogens (tertiary/aromatic N) is 1. The van der Waals surface area contributed by atoms with Crippen LogP contribution in [0.15, 0.2) is 24.4 Å². The molecule has 0 aliphatic rings. The van der Waals surface area contributed by atoms with Gasteiger partial charge in [0, 0.05) is 6.20 Å². The fourth-order valence-corrected chi connectivity index (χ4v) is 0.942. The third-order valence-corrected chi connectivity index (χ3v) is 1.44. The quantitative estimate of drug-likeness (QED) is 0.362. The number of aromatic nitrogens is 1. The Morgan fingerprint density at radius 3 is 2.85 bits per heavy atom. The summed E-state index contributed by atoms with van der Waals surface area (Å²) < 4.78 is 5.19. The summed E-state index contributed by atoms with van der Waals surface area (Å²) in [7, 11) is 0. The molecule has 1 rings (SSSR count). The summed E-state index contributed by atoms with van der Waals surface area (Å²) in [6.45, 7) is 2.45.